The highest BCUT2D eigenvalue weighted by atomic mass is 35.5. The first-order chi connectivity index (χ1) is 7.33. The van der Waals surface area contributed by atoms with Crippen LogP contribution < -0.4 is 4.74 Å². The monoisotopic (exact) mass is 255 g/mol. The van der Waals surface area contributed by atoms with Gasteiger partial charge in [-0.1, -0.05) is 37.2 Å². The normalized spacial score (nSPS) is 10.6. The second-order valence-electron chi connectivity index (χ2n) is 4.35. The van der Waals surface area contributed by atoms with Gasteiger partial charge in [0.2, 0.25) is 5.88 Å². The standard InChI is InChI=1S/C11H14ClNO2Si/c1-15-9-7-8(5-6-16(2,3)4)10(14)11(12)13-9/h7,14H,1-4H3. The van der Waals surface area contributed by atoms with Crippen LogP contribution in [-0.4, -0.2) is 25.3 Å². The first kappa shape index (κ1) is 12.9. The molecule has 0 radical (unpaired) electrons. The molecular formula is C11H14ClNO2Si. The smallest absolute Gasteiger partial charge is 0.215 e. The molecule has 1 rings (SSSR count). The quantitative estimate of drug-likeness (QED) is 0.477. The van der Waals surface area contributed by atoms with Gasteiger partial charge in [-0.15, -0.1) is 5.54 Å². The summed E-state index contributed by atoms with van der Waals surface area (Å²) in [6, 6.07) is 1.58. The number of aromatic nitrogens is 1. The Bertz CT molecular complexity index is 458. The third-order valence-electron chi connectivity index (χ3n) is 1.71. The highest BCUT2D eigenvalue weighted by Crippen LogP contribution is 2.28. The van der Waals surface area contributed by atoms with E-state index in [1.807, 2.05) is 0 Å². The Morgan fingerprint density at radius 1 is 1.44 bits per heavy atom. The Morgan fingerprint density at radius 2 is 2.06 bits per heavy atom. The minimum atomic E-state index is -1.48. The summed E-state index contributed by atoms with van der Waals surface area (Å²) in [4.78, 5) is 3.83. The zero-order valence-corrected chi connectivity index (χ0v) is 11.5. The predicted molar refractivity (Wildman–Crippen MR) is 67.7 cm³/mol. The zero-order valence-electron chi connectivity index (χ0n) is 9.76. The fraction of sp³-hybridized carbons (Fsp3) is 0.364. The van der Waals surface area contributed by atoms with Crippen LogP contribution in [0.5, 0.6) is 11.6 Å². The molecule has 0 fully saturated rings. The SMILES string of the molecule is COc1cc(C#C[Si](C)(C)C)c(O)c(Cl)n1. The van der Waals surface area contributed by atoms with Gasteiger partial charge >= 0.3 is 0 Å². The molecule has 0 atom stereocenters. The van der Waals surface area contributed by atoms with E-state index in [1.165, 1.54) is 7.11 Å². The van der Waals surface area contributed by atoms with Crippen LogP contribution in [0.2, 0.25) is 24.8 Å². The third-order valence-corrected chi connectivity index (χ3v) is 2.85. The van der Waals surface area contributed by atoms with Crippen LogP contribution in [-0.2, 0) is 0 Å². The van der Waals surface area contributed by atoms with E-state index in [-0.39, 0.29) is 10.9 Å². The number of aromatic hydroxyl groups is 1. The van der Waals surface area contributed by atoms with E-state index in [9.17, 15) is 5.11 Å². The number of nitrogens with zero attached hydrogens (tertiary/aromatic N) is 1. The summed E-state index contributed by atoms with van der Waals surface area (Å²) in [5.41, 5.74) is 3.60. The fourth-order valence-electron chi connectivity index (χ4n) is 0.940. The Kier molecular flexibility index (Phi) is 3.84. The van der Waals surface area contributed by atoms with Gasteiger partial charge in [0.1, 0.15) is 8.07 Å². The summed E-state index contributed by atoms with van der Waals surface area (Å²) in [5, 5.41) is 9.69. The minimum Gasteiger partial charge on any atom is -0.504 e. The second kappa shape index (κ2) is 4.77. The van der Waals surface area contributed by atoms with Crippen LogP contribution in [0, 0.1) is 11.5 Å². The lowest BCUT2D eigenvalue weighted by atomic mass is 10.2. The lowest BCUT2D eigenvalue weighted by Crippen LogP contribution is -2.16. The van der Waals surface area contributed by atoms with Crippen LogP contribution in [0.3, 0.4) is 0 Å². The van der Waals surface area contributed by atoms with Crippen molar-refractivity contribution in [2.75, 3.05) is 7.11 Å². The molecule has 0 unspecified atom stereocenters. The van der Waals surface area contributed by atoms with Crippen molar-refractivity contribution in [1.82, 2.24) is 4.98 Å². The molecule has 1 aromatic heterocycles. The average molecular weight is 256 g/mol. The van der Waals surface area contributed by atoms with Gasteiger partial charge < -0.3 is 9.84 Å². The number of rotatable bonds is 1. The van der Waals surface area contributed by atoms with Gasteiger partial charge in [-0.25, -0.2) is 0 Å². The Morgan fingerprint density at radius 3 is 2.56 bits per heavy atom. The molecule has 1 N–H and O–H groups in total. The zero-order chi connectivity index (χ0) is 12.3. The van der Waals surface area contributed by atoms with E-state index < -0.39 is 8.07 Å². The molecule has 1 heterocycles. The minimum absolute atomic E-state index is 0.0132. The van der Waals surface area contributed by atoms with Crippen LogP contribution >= 0.6 is 11.6 Å². The van der Waals surface area contributed by atoms with Gasteiger partial charge in [0.05, 0.1) is 12.7 Å². The molecule has 0 saturated carbocycles. The van der Waals surface area contributed by atoms with Gasteiger partial charge in [-0.3, -0.25) is 0 Å². The van der Waals surface area contributed by atoms with E-state index in [0.717, 1.165) is 0 Å². The molecule has 86 valence electrons. The van der Waals surface area contributed by atoms with Crippen LogP contribution in [0.25, 0.3) is 0 Å². The molecule has 0 aromatic carbocycles. The van der Waals surface area contributed by atoms with Crippen molar-refractivity contribution in [2.45, 2.75) is 19.6 Å². The largest absolute Gasteiger partial charge is 0.504 e. The van der Waals surface area contributed by atoms with E-state index >= 15 is 0 Å². The maximum atomic E-state index is 9.68. The van der Waals surface area contributed by atoms with Gasteiger partial charge in [-0.2, -0.15) is 4.98 Å². The Hall–Kier alpha value is -1.18. The molecule has 0 aliphatic carbocycles. The van der Waals surface area contributed by atoms with Gasteiger partial charge in [0.15, 0.2) is 10.9 Å². The number of pyridine rings is 1. The molecule has 1 aromatic rings. The third kappa shape index (κ3) is 3.44. The molecule has 0 aliphatic rings. The second-order valence-corrected chi connectivity index (χ2v) is 9.46. The van der Waals surface area contributed by atoms with Crippen molar-refractivity contribution in [3.63, 3.8) is 0 Å². The average Bonchev–Trinajstić information content (AvgIpc) is 2.18. The molecular weight excluding hydrogens is 242 g/mol. The van der Waals surface area contributed by atoms with Crippen LogP contribution in [0.1, 0.15) is 5.56 Å². The summed E-state index contributed by atoms with van der Waals surface area (Å²) in [5.74, 6) is 3.19. The first-order valence-corrected chi connectivity index (χ1v) is 8.68. The fourth-order valence-corrected chi connectivity index (χ4v) is 1.63. The number of methoxy groups -OCH3 is 1. The molecule has 5 heteroatoms. The maximum absolute atomic E-state index is 9.68. The molecule has 0 amide bonds. The van der Waals surface area contributed by atoms with Crippen molar-refractivity contribution in [1.29, 1.82) is 0 Å². The van der Waals surface area contributed by atoms with Crippen LogP contribution in [0.4, 0.5) is 0 Å². The number of halogens is 1. The predicted octanol–water partition coefficient (Wildman–Crippen LogP) is 2.68. The molecule has 16 heavy (non-hydrogen) atoms. The van der Waals surface area contributed by atoms with E-state index in [4.69, 9.17) is 16.3 Å². The lowest BCUT2D eigenvalue weighted by Gasteiger charge is -2.06. The number of hydrogen-bond donors (Lipinski definition) is 1. The van der Waals surface area contributed by atoms with E-state index in [0.29, 0.717) is 11.4 Å². The molecule has 0 bridgehead atoms. The lowest BCUT2D eigenvalue weighted by molar-refractivity contribution is 0.394. The highest BCUT2D eigenvalue weighted by Gasteiger charge is 2.11. The van der Waals surface area contributed by atoms with Crippen molar-refractivity contribution in [2.24, 2.45) is 0 Å². The molecule has 0 saturated heterocycles. The topological polar surface area (TPSA) is 42.4 Å². The van der Waals surface area contributed by atoms with E-state index in [2.05, 4.69) is 36.1 Å². The van der Waals surface area contributed by atoms with Gasteiger partial charge in [-0.05, 0) is 0 Å². The summed E-state index contributed by atoms with van der Waals surface area (Å²) in [6.07, 6.45) is 0. The van der Waals surface area contributed by atoms with Crippen molar-refractivity contribution in [3.05, 3.63) is 16.8 Å². The van der Waals surface area contributed by atoms with Crippen molar-refractivity contribution in [3.8, 4) is 23.1 Å². The summed E-state index contributed by atoms with van der Waals surface area (Å²) in [6.45, 7) is 6.37. The van der Waals surface area contributed by atoms with Gasteiger partial charge in [0, 0.05) is 6.07 Å². The molecule has 0 aliphatic heterocycles. The first-order valence-electron chi connectivity index (χ1n) is 4.80. The number of ether oxygens (including phenoxy) is 1. The maximum Gasteiger partial charge on any atom is 0.215 e. The number of hydrogen-bond acceptors (Lipinski definition) is 3. The van der Waals surface area contributed by atoms with Crippen molar-refractivity contribution < 1.29 is 9.84 Å². The van der Waals surface area contributed by atoms with Crippen LogP contribution in [0.15, 0.2) is 6.07 Å². The highest BCUT2D eigenvalue weighted by molar-refractivity contribution is 6.83. The summed E-state index contributed by atoms with van der Waals surface area (Å²) in [7, 11) is 0.00707. The molecule has 0 spiro atoms. The molecule has 3 nitrogen and oxygen atoms in total. The van der Waals surface area contributed by atoms with Gasteiger partial charge in [0.25, 0.3) is 0 Å². The van der Waals surface area contributed by atoms with Crippen molar-refractivity contribution >= 4 is 19.7 Å². The Labute approximate surface area is 101 Å². The van der Waals surface area contributed by atoms with E-state index in [1.54, 1.807) is 6.07 Å². The Balaban J connectivity index is 3.21. The summed E-state index contributed by atoms with van der Waals surface area (Å²) < 4.78 is 4.96. The summed E-state index contributed by atoms with van der Waals surface area (Å²) >= 11 is 5.75.